The fourth-order valence-corrected chi connectivity index (χ4v) is 2.50. The van der Waals surface area contributed by atoms with E-state index in [4.69, 9.17) is 10.00 Å². The van der Waals surface area contributed by atoms with Gasteiger partial charge in [0.1, 0.15) is 22.7 Å². The first-order chi connectivity index (χ1) is 11.1. The van der Waals surface area contributed by atoms with E-state index in [2.05, 4.69) is 0 Å². The molecule has 0 amide bonds. The van der Waals surface area contributed by atoms with E-state index in [0.717, 1.165) is 6.08 Å². The predicted octanol–water partition coefficient (Wildman–Crippen LogP) is 4.07. The number of ketones is 1. The van der Waals surface area contributed by atoms with E-state index in [1.54, 1.807) is 0 Å². The van der Waals surface area contributed by atoms with Crippen LogP contribution in [0.25, 0.3) is 0 Å². The number of phenols is 1. The largest absolute Gasteiger partial charge is 0.507 e. The molecule has 2 rings (SSSR count). The van der Waals surface area contributed by atoms with Crippen molar-refractivity contribution in [2.24, 2.45) is 0 Å². The van der Waals surface area contributed by atoms with Crippen LogP contribution in [-0.4, -0.2) is 22.7 Å². The zero-order valence-corrected chi connectivity index (χ0v) is 12.9. The van der Waals surface area contributed by atoms with Crippen LogP contribution in [0.3, 0.4) is 0 Å². The van der Waals surface area contributed by atoms with Gasteiger partial charge in [-0.1, -0.05) is 6.07 Å². The van der Waals surface area contributed by atoms with E-state index in [1.807, 2.05) is 0 Å². The first kappa shape index (κ1) is 17.6. The Balaban J connectivity index is 2.41. The summed E-state index contributed by atoms with van der Waals surface area (Å²) in [7, 11) is 0. The van der Waals surface area contributed by atoms with Crippen LogP contribution in [0.4, 0.5) is 13.2 Å². The van der Waals surface area contributed by atoms with Crippen LogP contribution >= 0.6 is 0 Å². The fourth-order valence-electron chi connectivity index (χ4n) is 2.50. The predicted molar refractivity (Wildman–Crippen MR) is 79.6 cm³/mol. The number of aromatic hydroxyl groups is 1. The summed E-state index contributed by atoms with van der Waals surface area (Å²) in [6.07, 6.45) is -2.84. The molecule has 0 bridgehead atoms. The van der Waals surface area contributed by atoms with E-state index in [-0.39, 0.29) is 17.1 Å². The highest BCUT2D eigenvalue weighted by Gasteiger charge is 2.43. The Labute approximate surface area is 136 Å². The van der Waals surface area contributed by atoms with Gasteiger partial charge in [-0.05, 0) is 38.1 Å². The van der Waals surface area contributed by atoms with Crippen molar-refractivity contribution >= 4 is 5.78 Å². The lowest BCUT2D eigenvalue weighted by Gasteiger charge is -2.32. The van der Waals surface area contributed by atoms with E-state index in [0.29, 0.717) is 0 Å². The van der Waals surface area contributed by atoms with Crippen molar-refractivity contribution in [1.29, 1.82) is 5.26 Å². The van der Waals surface area contributed by atoms with Crippen LogP contribution in [0.15, 0.2) is 41.5 Å². The minimum Gasteiger partial charge on any atom is -0.507 e. The molecule has 1 N–H and O–H groups in total. The SMILES string of the molecule is CC(=O)c1c(O)cccc1OC1(C)C=CC(C#N)=C(C(F)(F)F)C1. The first-order valence-corrected chi connectivity index (χ1v) is 6.99. The number of benzene rings is 1. The lowest BCUT2D eigenvalue weighted by molar-refractivity contribution is -0.0991. The summed E-state index contributed by atoms with van der Waals surface area (Å²) in [5.41, 5.74) is -2.97. The van der Waals surface area contributed by atoms with Crippen molar-refractivity contribution < 1.29 is 27.8 Å². The molecular formula is C17H14F3NO3. The van der Waals surface area contributed by atoms with Crippen LogP contribution in [-0.2, 0) is 0 Å². The van der Waals surface area contributed by atoms with Gasteiger partial charge in [0.2, 0.25) is 0 Å². The Hall–Kier alpha value is -2.75. The lowest BCUT2D eigenvalue weighted by Crippen LogP contribution is -2.36. The van der Waals surface area contributed by atoms with Crippen LogP contribution in [0, 0.1) is 11.3 Å². The maximum atomic E-state index is 13.1. The monoisotopic (exact) mass is 337 g/mol. The minimum atomic E-state index is -4.66. The van der Waals surface area contributed by atoms with Crippen molar-refractivity contribution in [3.05, 3.63) is 47.1 Å². The van der Waals surface area contributed by atoms with Gasteiger partial charge in [-0.2, -0.15) is 18.4 Å². The second-order valence-electron chi connectivity index (χ2n) is 5.63. The maximum Gasteiger partial charge on any atom is 0.414 e. The topological polar surface area (TPSA) is 70.3 Å². The Morgan fingerprint density at radius 1 is 1.42 bits per heavy atom. The number of Topliss-reactive ketones (excluding diaryl/α,β-unsaturated/α-hetero) is 1. The number of phenolic OH excluding ortho intramolecular Hbond substituents is 1. The number of ether oxygens (including phenoxy) is 1. The summed E-state index contributed by atoms with van der Waals surface area (Å²) in [6.45, 7) is 2.63. The van der Waals surface area contributed by atoms with Gasteiger partial charge < -0.3 is 9.84 Å². The van der Waals surface area contributed by atoms with Gasteiger partial charge in [0.15, 0.2) is 5.78 Å². The molecule has 1 unspecified atom stereocenters. The summed E-state index contributed by atoms with van der Waals surface area (Å²) < 4.78 is 45.0. The number of alkyl halides is 3. The van der Waals surface area contributed by atoms with E-state index in [9.17, 15) is 23.1 Å². The average molecular weight is 337 g/mol. The van der Waals surface area contributed by atoms with Crippen molar-refractivity contribution in [3.63, 3.8) is 0 Å². The number of carbonyl (C=O) groups is 1. The summed E-state index contributed by atoms with van der Waals surface area (Å²) in [4.78, 5) is 11.7. The van der Waals surface area contributed by atoms with Crippen LogP contribution in [0.2, 0.25) is 0 Å². The number of nitriles is 1. The number of hydrogen-bond donors (Lipinski definition) is 1. The molecule has 1 aliphatic carbocycles. The fraction of sp³-hybridized carbons (Fsp3) is 0.294. The molecule has 7 heteroatoms. The third-order valence-electron chi connectivity index (χ3n) is 3.62. The minimum absolute atomic E-state index is 0.0171. The van der Waals surface area contributed by atoms with Crippen molar-refractivity contribution in [2.45, 2.75) is 32.0 Å². The van der Waals surface area contributed by atoms with Gasteiger partial charge in [0.05, 0.1) is 17.2 Å². The number of rotatable bonds is 3. The third kappa shape index (κ3) is 3.43. The Morgan fingerprint density at radius 3 is 2.62 bits per heavy atom. The quantitative estimate of drug-likeness (QED) is 0.844. The van der Waals surface area contributed by atoms with Gasteiger partial charge in [0, 0.05) is 6.42 Å². The van der Waals surface area contributed by atoms with Gasteiger partial charge in [-0.3, -0.25) is 4.79 Å². The molecule has 24 heavy (non-hydrogen) atoms. The summed E-state index contributed by atoms with van der Waals surface area (Å²) in [5, 5.41) is 18.6. The second kappa shape index (κ2) is 6.04. The van der Waals surface area contributed by atoms with Crippen LogP contribution < -0.4 is 4.74 Å². The van der Waals surface area contributed by atoms with E-state index < -0.39 is 35.1 Å². The molecule has 0 saturated heterocycles. The van der Waals surface area contributed by atoms with Gasteiger partial charge in [0.25, 0.3) is 0 Å². The number of hydrogen-bond acceptors (Lipinski definition) is 4. The Kier molecular flexibility index (Phi) is 4.43. The van der Waals surface area contributed by atoms with Crippen molar-refractivity contribution in [1.82, 2.24) is 0 Å². The van der Waals surface area contributed by atoms with Gasteiger partial charge in [-0.15, -0.1) is 0 Å². The standard InChI is InChI=1S/C17H14F3NO3/c1-10(22)15-13(23)4-3-5-14(15)24-16(2)7-6-11(9-21)12(8-16)17(18,19)20/h3-7,23H,8H2,1-2H3. The second-order valence-corrected chi connectivity index (χ2v) is 5.63. The van der Waals surface area contributed by atoms with E-state index in [1.165, 1.54) is 44.2 Å². The molecule has 126 valence electrons. The normalized spacial score (nSPS) is 20.7. The third-order valence-corrected chi connectivity index (χ3v) is 3.62. The number of allylic oxidation sites excluding steroid dienone is 2. The molecular weight excluding hydrogens is 323 g/mol. The lowest BCUT2D eigenvalue weighted by atomic mass is 9.87. The molecule has 1 aromatic carbocycles. The molecule has 4 nitrogen and oxygen atoms in total. The van der Waals surface area contributed by atoms with Crippen LogP contribution in [0.5, 0.6) is 11.5 Å². The Morgan fingerprint density at radius 2 is 2.08 bits per heavy atom. The number of halogens is 3. The highest BCUT2D eigenvalue weighted by molar-refractivity contribution is 5.99. The molecule has 0 spiro atoms. The maximum absolute atomic E-state index is 13.1. The Bertz CT molecular complexity index is 787. The highest BCUT2D eigenvalue weighted by atomic mass is 19.4. The molecule has 0 fully saturated rings. The van der Waals surface area contributed by atoms with Gasteiger partial charge in [-0.25, -0.2) is 0 Å². The molecule has 0 heterocycles. The van der Waals surface area contributed by atoms with Crippen molar-refractivity contribution in [2.75, 3.05) is 0 Å². The van der Waals surface area contributed by atoms with Crippen LogP contribution in [0.1, 0.15) is 30.6 Å². The van der Waals surface area contributed by atoms with Gasteiger partial charge >= 0.3 is 6.18 Å². The zero-order chi connectivity index (χ0) is 18.1. The number of carbonyl (C=O) groups excluding carboxylic acids is 1. The molecule has 1 aromatic rings. The smallest absolute Gasteiger partial charge is 0.414 e. The number of nitrogens with zero attached hydrogens (tertiary/aromatic N) is 1. The molecule has 0 aromatic heterocycles. The summed E-state index contributed by atoms with van der Waals surface area (Å²) in [6, 6.07) is 5.63. The summed E-state index contributed by atoms with van der Waals surface area (Å²) in [5.74, 6) is -0.805. The first-order valence-electron chi connectivity index (χ1n) is 6.99. The molecule has 0 saturated carbocycles. The zero-order valence-electron chi connectivity index (χ0n) is 12.9. The molecule has 0 radical (unpaired) electrons. The highest BCUT2D eigenvalue weighted by Crippen LogP contribution is 2.41. The van der Waals surface area contributed by atoms with Crippen molar-refractivity contribution in [3.8, 4) is 17.6 Å². The summed E-state index contributed by atoms with van der Waals surface area (Å²) >= 11 is 0. The molecule has 1 atom stereocenters. The van der Waals surface area contributed by atoms with E-state index >= 15 is 0 Å². The molecule has 1 aliphatic rings. The molecule has 0 aliphatic heterocycles. The average Bonchev–Trinajstić information content (AvgIpc) is 2.45.